The SMILES string of the molecule is CN(CC1CCCC1)CC1(CO)CC1. The second-order valence-electron chi connectivity index (χ2n) is 5.51. The number of aliphatic hydroxyl groups excluding tert-OH is 1. The van der Waals surface area contributed by atoms with Crippen LogP contribution in [0.1, 0.15) is 38.5 Å². The third-order valence-corrected chi connectivity index (χ3v) is 3.94. The van der Waals surface area contributed by atoms with Crippen LogP contribution in [0.5, 0.6) is 0 Å². The molecule has 1 N–H and O–H groups in total. The maximum Gasteiger partial charge on any atom is 0.0499 e. The van der Waals surface area contributed by atoms with E-state index >= 15 is 0 Å². The highest BCUT2D eigenvalue weighted by molar-refractivity contribution is 4.94. The fourth-order valence-electron chi connectivity index (χ4n) is 2.81. The fourth-order valence-corrected chi connectivity index (χ4v) is 2.81. The van der Waals surface area contributed by atoms with Gasteiger partial charge in [0.15, 0.2) is 0 Å². The molecular formula is C12H23NO. The first kappa shape index (κ1) is 10.4. The molecule has 14 heavy (non-hydrogen) atoms. The van der Waals surface area contributed by atoms with Gasteiger partial charge in [-0.05, 0) is 38.6 Å². The van der Waals surface area contributed by atoms with Gasteiger partial charge in [-0.1, -0.05) is 12.8 Å². The zero-order chi connectivity index (χ0) is 10.0. The molecule has 0 spiro atoms. The summed E-state index contributed by atoms with van der Waals surface area (Å²) in [5.74, 6) is 0.939. The molecule has 2 saturated carbocycles. The van der Waals surface area contributed by atoms with Crippen LogP contribution in [-0.4, -0.2) is 36.8 Å². The van der Waals surface area contributed by atoms with Gasteiger partial charge in [0, 0.05) is 25.1 Å². The van der Waals surface area contributed by atoms with Crippen LogP contribution in [0, 0.1) is 11.3 Å². The summed E-state index contributed by atoms with van der Waals surface area (Å²) in [7, 11) is 2.22. The van der Waals surface area contributed by atoms with Gasteiger partial charge in [-0.15, -0.1) is 0 Å². The molecule has 2 rings (SSSR count). The molecule has 0 heterocycles. The average molecular weight is 197 g/mol. The van der Waals surface area contributed by atoms with Crippen LogP contribution < -0.4 is 0 Å². The Morgan fingerprint density at radius 2 is 1.93 bits per heavy atom. The van der Waals surface area contributed by atoms with Crippen molar-refractivity contribution in [3.8, 4) is 0 Å². The Kier molecular flexibility index (Phi) is 3.13. The van der Waals surface area contributed by atoms with E-state index in [1.54, 1.807) is 0 Å². The smallest absolute Gasteiger partial charge is 0.0499 e. The van der Waals surface area contributed by atoms with E-state index in [9.17, 15) is 5.11 Å². The van der Waals surface area contributed by atoms with Crippen LogP contribution in [0.25, 0.3) is 0 Å². The molecule has 0 amide bonds. The topological polar surface area (TPSA) is 23.5 Å². The molecule has 2 nitrogen and oxygen atoms in total. The fraction of sp³-hybridized carbons (Fsp3) is 1.00. The van der Waals surface area contributed by atoms with E-state index in [2.05, 4.69) is 11.9 Å². The lowest BCUT2D eigenvalue weighted by Crippen LogP contribution is -2.32. The molecule has 0 aromatic heterocycles. The number of rotatable bonds is 5. The summed E-state index contributed by atoms with van der Waals surface area (Å²) in [4.78, 5) is 2.44. The van der Waals surface area contributed by atoms with E-state index in [1.807, 2.05) is 0 Å². The minimum absolute atomic E-state index is 0.299. The van der Waals surface area contributed by atoms with Crippen molar-refractivity contribution in [1.82, 2.24) is 4.90 Å². The molecule has 2 aliphatic rings. The van der Waals surface area contributed by atoms with Crippen molar-refractivity contribution in [2.45, 2.75) is 38.5 Å². The molecule has 0 radical (unpaired) electrons. The van der Waals surface area contributed by atoms with Crippen molar-refractivity contribution < 1.29 is 5.11 Å². The van der Waals surface area contributed by atoms with E-state index in [-0.39, 0.29) is 0 Å². The first-order chi connectivity index (χ1) is 6.74. The van der Waals surface area contributed by atoms with Crippen LogP contribution >= 0.6 is 0 Å². The second-order valence-corrected chi connectivity index (χ2v) is 5.51. The molecule has 0 saturated heterocycles. The monoisotopic (exact) mass is 197 g/mol. The molecule has 0 atom stereocenters. The predicted molar refractivity (Wildman–Crippen MR) is 58.2 cm³/mol. The van der Waals surface area contributed by atoms with Gasteiger partial charge in [-0.2, -0.15) is 0 Å². The summed E-state index contributed by atoms with van der Waals surface area (Å²) in [5.41, 5.74) is 0.299. The molecule has 2 fully saturated rings. The molecule has 0 unspecified atom stereocenters. The Morgan fingerprint density at radius 3 is 2.43 bits per heavy atom. The van der Waals surface area contributed by atoms with Crippen molar-refractivity contribution in [2.75, 3.05) is 26.7 Å². The summed E-state index contributed by atoms with van der Waals surface area (Å²) in [5, 5.41) is 9.24. The van der Waals surface area contributed by atoms with Gasteiger partial charge in [-0.25, -0.2) is 0 Å². The summed E-state index contributed by atoms with van der Waals surface area (Å²) in [6, 6.07) is 0. The Balaban J connectivity index is 1.70. The Hall–Kier alpha value is -0.0800. The zero-order valence-corrected chi connectivity index (χ0v) is 9.34. The maximum atomic E-state index is 9.24. The summed E-state index contributed by atoms with van der Waals surface area (Å²) in [6.07, 6.45) is 8.19. The molecule has 2 aliphatic carbocycles. The van der Waals surface area contributed by atoms with E-state index in [0.29, 0.717) is 12.0 Å². The number of hydrogen-bond acceptors (Lipinski definition) is 2. The van der Waals surface area contributed by atoms with Gasteiger partial charge in [0.2, 0.25) is 0 Å². The second kappa shape index (κ2) is 4.19. The highest BCUT2D eigenvalue weighted by Crippen LogP contribution is 2.45. The quantitative estimate of drug-likeness (QED) is 0.727. The van der Waals surface area contributed by atoms with E-state index in [0.717, 1.165) is 12.5 Å². The standard InChI is InChI=1S/C12H23NO/c1-13(8-11-4-2-3-5-11)9-12(10-14)6-7-12/h11,14H,2-10H2,1H3. The van der Waals surface area contributed by atoms with Gasteiger partial charge >= 0.3 is 0 Å². The Labute approximate surface area is 87.3 Å². The minimum atomic E-state index is 0.299. The van der Waals surface area contributed by atoms with Crippen LogP contribution in [0.2, 0.25) is 0 Å². The zero-order valence-electron chi connectivity index (χ0n) is 9.34. The number of aliphatic hydroxyl groups is 1. The van der Waals surface area contributed by atoms with Crippen LogP contribution in [0.3, 0.4) is 0 Å². The van der Waals surface area contributed by atoms with Crippen molar-refractivity contribution >= 4 is 0 Å². The summed E-state index contributed by atoms with van der Waals surface area (Å²) >= 11 is 0. The highest BCUT2D eigenvalue weighted by atomic mass is 16.3. The molecular weight excluding hydrogens is 174 g/mol. The number of hydrogen-bond donors (Lipinski definition) is 1. The molecule has 0 aromatic rings. The summed E-state index contributed by atoms with van der Waals surface area (Å²) in [6.45, 7) is 2.75. The number of nitrogens with zero attached hydrogens (tertiary/aromatic N) is 1. The minimum Gasteiger partial charge on any atom is -0.396 e. The van der Waals surface area contributed by atoms with Gasteiger partial charge in [-0.3, -0.25) is 0 Å². The molecule has 2 heteroatoms. The Morgan fingerprint density at radius 1 is 1.29 bits per heavy atom. The van der Waals surface area contributed by atoms with Gasteiger partial charge in [0.25, 0.3) is 0 Å². The van der Waals surface area contributed by atoms with E-state index in [1.165, 1.54) is 45.1 Å². The van der Waals surface area contributed by atoms with Gasteiger partial charge < -0.3 is 10.0 Å². The molecule has 82 valence electrons. The van der Waals surface area contributed by atoms with Crippen molar-refractivity contribution in [3.05, 3.63) is 0 Å². The first-order valence-corrected chi connectivity index (χ1v) is 6.03. The maximum absolute atomic E-state index is 9.24. The molecule has 0 aliphatic heterocycles. The van der Waals surface area contributed by atoms with Crippen molar-refractivity contribution in [3.63, 3.8) is 0 Å². The lowest BCUT2D eigenvalue weighted by atomic mass is 10.1. The molecule has 0 bridgehead atoms. The highest BCUT2D eigenvalue weighted by Gasteiger charge is 2.42. The van der Waals surface area contributed by atoms with Gasteiger partial charge in [0.1, 0.15) is 0 Å². The third kappa shape index (κ3) is 2.48. The van der Waals surface area contributed by atoms with Crippen molar-refractivity contribution in [2.24, 2.45) is 11.3 Å². The van der Waals surface area contributed by atoms with Crippen LogP contribution in [0.15, 0.2) is 0 Å². The normalized spacial score (nSPS) is 25.9. The third-order valence-electron chi connectivity index (χ3n) is 3.94. The van der Waals surface area contributed by atoms with Gasteiger partial charge in [0.05, 0.1) is 0 Å². The van der Waals surface area contributed by atoms with Crippen molar-refractivity contribution in [1.29, 1.82) is 0 Å². The largest absolute Gasteiger partial charge is 0.396 e. The predicted octanol–water partition coefficient (Wildman–Crippen LogP) is 1.88. The van der Waals surface area contributed by atoms with Crippen LogP contribution in [-0.2, 0) is 0 Å². The Bertz CT molecular complexity index is 183. The first-order valence-electron chi connectivity index (χ1n) is 6.03. The lowest BCUT2D eigenvalue weighted by molar-refractivity contribution is 0.154. The van der Waals surface area contributed by atoms with E-state index in [4.69, 9.17) is 0 Å². The van der Waals surface area contributed by atoms with E-state index < -0.39 is 0 Å². The van der Waals surface area contributed by atoms with Crippen LogP contribution in [0.4, 0.5) is 0 Å². The average Bonchev–Trinajstić information content (AvgIpc) is 2.74. The molecule has 0 aromatic carbocycles. The summed E-state index contributed by atoms with van der Waals surface area (Å²) < 4.78 is 0. The lowest BCUT2D eigenvalue weighted by Gasteiger charge is -2.24.